The Bertz CT molecular complexity index is 700. The minimum absolute atomic E-state index is 0.214. The standard InChI is InChI=1S/C21H25NO4/c1-17-9-5-6-13-20(17)25-14-8-7-12-19(15-22-24)21(23)26-16-18-10-3-2-4-11-18/h2-6,9-11,13,15,19,24H,7-8,12,14,16H2,1H3/b22-15-. The van der Waals surface area contributed by atoms with Crippen molar-refractivity contribution in [3.05, 3.63) is 65.7 Å². The third kappa shape index (κ3) is 6.59. The molecule has 1 atom stereocenters. The van der Waals surface area contributed by atoms with Gasteiger partial charge in [-0.05, 0) is 43.4 Å². The quantitative estimate of drug-likeness (QED) is 0.226. The molecule has 0 saturated carbocycles. The van der Waals surface area contributed by atoms with E-state index in [9.17, 15) is 4.79 Å². The van der Waals surface area contributed by atoms with E-state index in [2.05, 4.69) is 5.16 Å². The fraction of sp³-hybridized carbons (Fsp3) is 0.333. The summed E-state index contributed by atoms with van der Waals surface area (Å²) in [7, 11) is 0. The van der Waals surface area contributed by atoms with Gasteiger partial charge in [0.25, 0.3) is 0 Å². The van der Waals surface area contributed by atoms with Crippen molar-refractivity contribution in [2.45, 2.75) is 32.8 Å². The first kappa shape index (κ1) is 19.5. The minimum atomic E-state index is -0.554. The van der Waals surface area contributed by atoms with Crippen LogP contribution in [0.5, 0.6) is 5.75 Å². The Morgan fingerprint density at radius 2 is 1.85 bits per heavy atom. The Morgan fingerprint density at radius 1 is 1.12 bits per heavy atom. The molecule has 0 radical (unpaired) electrons. The summed E-state index contributed by atoms with van der Waals surface area (Å²) in [5.41, 5.74) is 2.02. The summed E-state index contributed by atoms with van der Waals surface area (Å²) in [5, 5.41) is 11.8. The van der Waals surface area contributed by atoms with Crippen LogP contribution in [0.4, 0.5) is 0 Å². The van der Waals surface area contributed by atoms with Gasteiger partial charge in [0.1, 0.15) is 12.4 Å². The van der Waals surface area contributed by atoms with Crippen LogP contribution in [0.15, 0.2) is 59.8 Å². The van der Waals surface area contributed by atoms with E-state index >= 15 is 0 Å². The molecule has 0 heterocycles. The van der Waals surface area contributed by atoms with Gasteiger partial charge in [0.2, 0.25) is 0 Å². The lowest BCUT2D eigenvalue weighted by molar-refractivity contribution is -0.147. The molecule has 0 fully saturated rings. The van der Waals surface area contributed by atoms with E-state index < -0.39 is 5.92 Å². The zero-order valence-corrected chi connectivity index (χ0v) is 15.0. The number of esters is 1. The highest BCUT2D eigenvalue weighted by molar-refractivity contribution is 5.89. The van der Waals surface area contributed by atoms with Gasteiger partial charge in [-0.15, -0.1) is 5.16 Å². The molecular weight excluding hydrogens is 330 g/mol. The van der Waals surface area contributed by atoms with Crippen LogP contribution in [0, 0.1) is 12.8 Å². The number of oxime groups is 1. The third-order valence-electron chi connectivity index (χ3n) is 4.03. The normalized spacial score (nSPS) is 12.0. The number of aryl methyl sites for hydroxylation is 1. The Labute approximate surface area is 154 Å². The van der Waals surface area contributed by atoms with Crippen LogP contribution in [0.3, 0.4) is 0 Å². The predicted octanol–water partition coefficient (Wildman–Crippen LogP) is 4.36. The maximum Gasteiger partial charge on any atom is 0.314 e. The number of carbonyl (C=O) groups is 1. The number of benzene rings is 2. The van der Waals surface area contributed by atoms with E-state index in [1.807, 2.05) is 61.5 Å². The Kier molecular flexibility index (Phi) is 8.19. The average molecular weight is 355 g/mol. The van der Waals surface area contributed by atoms with Crippen molar-refractivity contribution in [1.29, 1.82) is 0 Å². The second kappa shape index (κ2) is 10.9. The minimum Gasteiger partial charge on any atom is -0.493 e. The number of unbranched alkanes of at least 4 members (excludes halogenated alkanes) is 1. The molecule has 1 N–H and O–H groups in total. The monoisotopic (exact) mass is 355 g/mol. The van der Waals surface area contributed by atoms with E-state index in [1.54, 1.807) is 0 Å². The number of nitrogens with zero attached hydrogens (tertiary/aromatic N) is 1. The van der Waals surface area contributed by atoms with Crippen LogP contribution in [0.1, 0.15) is 30.4 Å². The molecule has 0 saturated heterocycles. The lowest BCUT2D eigenvalue weighted by Crippen LogP contribution is -2.19. The number of hydrogen-bond acceptors (Lipinski definition) is 5. The number of ether oxygens (including phenoxy) is 2. The fourth-order valence-electron chi connectivity index (χ4n) is 2.54. The van der Waals surface area contributed by atoms with Crippen LogP contribution in [-0.2, 0) is 16.1 Å². The molecule has 0 spiro atoms. The van der Waals surface area contributed by atoms with Crippen molar-refractivity contribution in [1.82, 2.24) is 0 Å². The van der Waals surface area contributed by atoms with E-state index in [-0.39, 0.29) is 12.6 Å². The van der Waals surface area contributed by atoms with Crippen LogP contribution in [0.2, 0.25) is 0 Å². The van der Waals surface area contributed by atoms with Crippen molar-refractivity contribution in [3.8, 4) is 5.75 Å². The summed E-state index contributed by atoms with van der Waals surface area (Å²) in [6.07, 6.45) is 3.35. The van der Waals surface area contributed by atoms with Gasteiger partial charge in [-0.3, -0.25) is 4.79 Å². The fourth-order valence-corrected chi connectivity index (χ4v) is 2.54. The van der Waals surface area contributed by atoms with Crippen LogP contribution < -0.4 is 4.74 Å². The SMILES string of the molecule is Cc1ccccc1OCCCCC(/C=N\O)C(=O)OCc1ccccc1. The Hall–Kier alpha value is -2.82. The average Bonchev–Trinajstić information content (AvgIpc) is 2.67. The smallest absolute Gasteiger partial charge is 0.314 e. The van der Waals surface area contributed by atoms with E-state index in [1.165, 1.54) is 6.21 Å². The topological polar surface area (TPSA) is 68.1 Å². The van der Waals surface area contributed by atoms with Gasteiger partial charge in [-0.2, -0.15) is 0 Å². The third-order valence-corrected chi connectivity index (χ3v) is 4.03. The van der Waals surface area contributed by atoms with Crippen LogP contribution in [-0.4, -0.2) is 24.0 Å². The maximum absolute atomic E-state index is 12.2. The van der Waals surface area contributed by atoms with Gasteiger partial charge >= 0.3 is 5.97 Å². The summed E-state index contributed by atoms with van der Waals surface area (Å²) >= 11 is 0. The second-order valence-electron chi connectivity index (χ2n) is 6.07. The van der Waals surface area contributed by atoms with Gasteiger partial charge in [-0.1, -0.05) is 48.5 Å². The zero-order chi connectivity index (χ0) is 18.6. The highest BCUT2D eigenvalue weighted by Crippen LogP contribution is 2.17. The summed E-state index contributed by atoms with van der Waals surface area (Å²) in [6.45, 7) is 2.80. The molecule has 0 aromatic heterocycles. The van der Waals surface area contributed by atoms with E-state index in [0.717, 1.165) is 29.7 Å². The lowest BCUT2D eigenvalue weighted by atomic mass is 10.0. The van der Waals surface area contributed by atoms with Gasteiger partial charge in [0, 0.05) is 0 Å². The molecule has 0 aliphatic heterocycles. The van der Waals surface area contributed by atoms with E-state index in [0.29, 0.717) is 13.0 Å². The van der Waals surface area contributed by atoms with Gasteiger partial charge in [0.05, 0.1) is 18.7 Å². The largest absolute Gasteiger partial charge is 0.493 e. The van der Waals surface area contributed by atoms with Crippen molar-refractivity contribution < 1.29 is 19.5 Å². The number of para-hydroxylation sites is 1. The molecule has 5 heteroatoms. The highest BCUT2D eigenvalue weighted by Gasteiger charge is 2.18. The van der Waals surface area contributed by atoms with E-state index in [4.69, 9.17) is 14.7 Å². The molecule has 2 aromatic rings. The molecule has 26 heavy (non-hydrogen) atoms. The molecule has 0 amide bonds. The first-order valence-corrected chi connectivity index (χ1v) is 8.77. The molecule has 0 aliphatic rings. The Morgan fingerprint density at radius 3 is 2.58 bits per heavy atom. The summed E-state index contributed by atoms with van der Waals surface area (Å²) in [4.78, 5) is 12.2. The van der Waals surface area contributed by atoms with Crippen molar-refractivity contribution >= 4 is 12.2 Å². The molecular formula is C21H25NO4. The van der Waals surface area contributed by atoms with Gasteiger partial charge in [-0.25, -0.2) is 0 Å². The van der Waals surface area contributed by atoms with Crippen molar-refractivity contribution in [2.24, 2.45) is 11.1 Å². The molecule has 2 aromatic carbocycles. The Balaban J connectivity index is 1.71. The molecule has 0 aliphatic carbocycles. The highest BCUT2D eigenvalue weighted by atomic mass is 16.5. The van der Waals surface area contributed by atoms with Crippen LogP contribution >= 0.6 is 0 Å². The molecule has 2 rings (SSSR count). The molecule has 0 bridgehead atoms. The first-order valence-electron chi connectivity index (χ1n) is 8.77. The number of rotatable bonds is 10. The summed E-state index contributed by atoms with van der Waals surface area (Å²) in [5.74, 6) is -0.0584. The summed E-state index contributed by atoms with van der Waals surface area (Å²) < 4.78 is 11.1. The first-order chi connectivity index (χ1) is 12.7. The predicted molar refractivity (Wildman–Crippen MR) is 101 cm³/mol. The maximum atomic E-state index is 12.2. The number of hydrogen-bond donors (Lipinski definition) is 1. The summed E-state index contributed by atoms with van der Waals surface area (Å²) in [6, 6.07) is 17.3. The molecule has 138 valence electrons. The second-order valence-corrected chi connectivity index (χ2v) is 6.07. The van der Waals surface area contributed by atoms with Crippen molar-refractivity contribution in [3.63, 3.8) is 0 Å². The lowest BCUT2D eigenvalue weighted by Gasteiger charge is -2.12. The van der Waals surface area contributed by atoms with Crippen LogP contribution in [0.25, 0.3) is 0 Å². The van der Waals surface area contributed by atoms with Crippen molar-refractivity contribution in [2.75, 3.05) is 6.61 Å². The van der Waals surface area contributed by atoms with Gasteiger partial charge < -0.3 is 14.7 Å². The molecule has 1 unspecified atom stereocenters. The number of carbonyl (C=O) groups excluding carboxylic acids is 1. The molecule has 5 nitrogen and oxygen atoms in total. The zero-order valence-electron chi connectivity index (χ0n) is 15.0. The van der Waals surface area contributed by atoms with Gasteiger partial charge in [0.15, 0.2) is 0 Å².